The van der Waals surface area contributed by atoms with Crippen molar-refractivity contribution in [1.82, 2.24) is 0 Å². The number of allylic oxidation sites excluding steroid dienone is 1. The van der Waals surface area contributed by atoms with Crippen molar-refractivity contribution in [1.29, 1.82) is 0 Å². The van der Waals surface area contributed by atoms with Crippen LogP contribution in [-0.2, 0) is 25.5 Å². The molecule has 0 fully saturated rings. The molecule has 29 heavy (non-hydrogen) atoms. The van der Waals surface area contributed by atoms with Crippen LogP contribution < -0.4 is 9.47 Å². The summed E-state index contributed by atoms with van der Waals surface area (Å²) < 4.78 is 20.9. The first-order valence-electron chi connectivity index (χ1n) is 9.11. The third-order valence-corrected chi connectivity index (χ3v) is 5.25. The van der Waals surface area contributed by atoms with Gasteiger partial charge in [-0.3, -0.25) is 0 Å². The van der Waals surface area contributed by atoms with E-state index in [0.29, 0.717) is 29.1 Å². The summed E-state index contributed by atoms with van der Waals surface area (Å²) in [6, 6.07) is 13.2. The van der Waals surface area contributed by atoms with Gasteiger partial charge in [-0.2, -0.15) is 0 Å². The lowest BCUT2D eigenvalue weighted by molar-refractivity contribution is -0.137. The Morgan fingerprint density at radius 1 is 1.03 bits per heavy atom. The zero-order valence-corrected chi connectivity index (χ0v) is 16.2. The standard InChI is InChI=1S/C23H20O6/c1-13(22(24)26-2)20(15-8-9-18-19(11-15)29-12-28-18)21-16-7-5-4-6-14(16)10-17(21)23(25)27-3/h4-9,11,20H,1,10,12H2,2-3H3/t20-/m0/s1. The number of carbonyl (C=O) groups excluding carboxylic acids is 2. The molecule has 6 nitrogen and oxygen atoms in total. The topological polar surface area (TPSA) is 71.1 Å². The molecule has 1 aliphatic heterocycles. The minimum absolute atomic E-state index is 0.139. The maximum Gasteiger partial charge on any atom is 0.334 e. The zero-order chi connectivity index (χ0) is 20.5. The number of rotatable bonds is 5. The predicted octanol–water partition coefficient (Wildman–Crippen LogP) is 3.41. The second-order valence-electron chi connectivity index (χ2n) is 6.78. The van der Waals surface area contributed by atoms with Crippen molar-refractivity contribution in [3.05, 3.63) is 76.9 Å². The summed E-state index contributed by atoms with van der Waals surface area (Å²) in [6.45, 7) is 4.14. The Morgan fingerprint density at radius 3 is 2.55 bits per heavy atom. The van der Waals surface area contributed by atoms with Gasteiger partial charge in [-0.1, -0.05) is 36.9 Å². The van der Waals surface area contributed by atoms with E-state index >= 15 is 0 Å². The van der Waals surface area contributed by atoms with Crippen LogP contribution >= 0.6 is 0 Å². The van der Waals surface area contributed by atoms with Gasteiger partial charge < -0.3 is 18.9 Å². The number of methoxy groups -OCH3 is 2. The smallest absolute Gasteiger partial charge is 0.334 e. The van der Waals surface area contributed by atoms with Crippen molar-refractivity contribution in [2.45, 2.75) is 12.3 Å². The summed E-state index contributed by atoms with van der Waals surface area (Å²) in [5.74, 6) is -0.370. The number of fused-ring (bicyclic) bond motifs is 2. The SMILES string of the molecule is C=C(C(=O)OC)[C@H](C1=C(C(=O)OC)Cc2ccccc21)c1ccc2c(c1)OCO2. The van der Waals surface area contributed by atoms with Crippen molar-refractivity contribution < 1.29 is 28.5 Å². The quantitative estimate of drug-likeness (QED) is 0.574. The maximum atomic E-state index is 12.6. The number of hydrogen-bond donors (Lipinski definition) is 0. The van der Waals surface area contributed by atoms with Crippen LogP contribution in [0.3, 0.4) is 0 Å². The maximum absolute atomic E-state index is 12.6. The van der Waals surface area contributed by atoms with Crippen LogP contribution in [0.4, 0.5) is 0 Å². The van der Waals surface area contributed by atoms with Gasteiger partial charge in [0, 0.05) is 23.5 Å². The summed E-state index contributed by atoms with van der Waals surface area (Å²) in [7, 11) is 2.66. The van der Waals surface area contributed by atoms with E-state index in [1.165, 1.54) is 14.2 Å². The van der Waals surface area contributed by atoms with E-state index in [4.69, 9.17) is 18.9 Å². The van der Waals surface area contributed by atoms with Crippen molar-refractivity contribution >= 4 is 17.5 Å². The molecule has 0 N–H and O–H groups in total. The van der Waals surface area contributed by atoms with Crippen molar-refractivity contribution in [2.75, 3.05) is 21.0 Å². The second kappa shape index (κ2) is 7.47. The van der Waals surface area contributed by atoms with Crippen molar-refractivity contribution in [3.8, 4) is 11.5 Å². The van der Waals surface area contributed by atoms with E-state index in [-0.39, 0.29) is 12.4 Å². The number of benzene rings is 2. The molecule has 0 bridgehead atoms. The first-order chi connectivity index (χ1) is 14.0. The minimum Gasteiger partial charge on any atom is -0.466 e. The van der Waals surface area contributed by atoms with E-state index < -0.39 is 17.9 Å². The van der Waals surface area contributed by atoms with Gasteiger partial charge in [-0.15, -0.1) is 0 Å². The Labute approximate surface area is 168 Å². The molecule has 2 aromatic carbocycles. The Kier molecular flexibility index (Phi) is 4.84. The summed E-state index contributed by atoms with van der Waals surface area (Å²) in [5.41, 5.74) is 4.05. The molecule has 2 aliphatic rings. The second-order valence-corrected chi connectivity index (χ2v) is 6.78. The number of hydrogen-bond acceptors (Lipinski definition) is 6. The van der Waals surface area contributed by atoms with E-state index in [2.05, 4.69) is 6.58 Å². The van der Waals surface area contributed by atoms with Crippen molar-refractivity contribution in [2.24, 2.45) is 0 Å². The summed E-state index contributed by atoms with van der Waals surface area (Å²) >= 11 is 0. The molecule has 0 amide bonds. The summed E-state index contributed by atoms with van der Waals surface area (Å²) in [6.07, 6.45) is 0.424. The van der Waals surface area contributed by atoms with Crippen LogP contribution in [0.1, 0.15) is 22.6 Å². The monoisotopic (exact) mass is 392 g/mol. The van der Waals surface area contributed by atoms with Gasteiger partial charge in [0.2, 0.25) is 6.79 Å². The normalized spacial score (nSPS) is 15.0. The van der Waals surface area contributed by atoms with Crippen LogP contribution in [0.15, 0.2) is 60.2 Å². The third kappa shape index (κ3) is 3.16. The van der Waals surface area contributed by atoms with Gasteiger partial charge in [0.05, 0.1) is 14.2 Å². The predicted molar refractivity (Wildman–Crippen MR) is 106 cm³/mol. The molecule has 4 rings (SSSR count). The highest BCUT2D eigenvalue weighted by molar-refractivity contribution is 6.05. The molecule has 0 saturated carbocycles. The number of ether oxygens (including phenoxy) is 4. The largest absolute Gasteiger partial charge is 0.466 e. The molecule has 0 aromatic heterocycles. The zero-order valence-electron chi connectivity index (χ0n) is 16.2. The molecule has 2 aromatic rings. The molecule has 1 heterocycles. The van der Waals surface area contributed by atoms with E-state index in [0.717, 1.165) is 16.7 Å². The molecule has 6 heteroatoms. The molecule has 1 aliphatic carbocycles. The van der Waals surface area contributed by atoms with E-state index in [1.807, 2.05) is 36.4 Å². The average Bonchev–Trinajstić information content (AvgIpc) is 3.37. The first-order valence-corrected chi connectivity index (χ1v) is 9.11. The van der Waals surface area contributed by atoms with Crippen LogP contribution in [0, 0.1) is 0 Å². The van der Waals surface area contributed by atoms with Gasteiger partial charge in [-0.05, 0) is 34.4 Å². The summed E-state index contributed by atoms with van der Waals surface area (Å²) in [5, 5.41) is 0. The Morgan fingerprint density at radius 2 is 1.79 bits per heavy atom. The lowest BCUT2D eigenvalue weighted by Gasteiger charge is -2.23. The van der Waals surface area contributed by atoms with Crippen LogP contribution in [0.5, 0.6) is 11.5 Å². The number of esters is 2. The molecule has 0 unspecified atom stereocenters. The Balaban J connectivity index is 1.93. The van der Waals surface area contributed by atoms with Gasteiger partial charge in [0.15, 0.2) is 11.5 Å². The average molecular weight is 392 g/mol. The molecular weight excluding hydrogens is 372 g/mol. The summed E-state index contributed by atoms with van der Waals surface area (Å²) in [4.78, 5) is 25.1. The molecule has 1 atom stereocenters. The number of carbonyl (C=O) groups is 2. The fourth-order valence-corrected chi connectivity index (χ4v) is 3.90. The molecule has 0 spiro atoms. The van der Waals surface area contributed by atoms with Crippen LogP contribution in [0.2, 0.25) is 0 Å². The van der Waals surface area contributed by atoms with Gasteiger partial charge >= 0.3 is 11.9 Å². The Bertz CT molecular complexity index is 1050. The molecular formula is C23H20O6. The van der Waals surface area contributed by atoms with Crippen molar-refractivity contribution in [3.63, 3.8) is 0 Å². The fourth-order valence-electron chi connectivity index (χ4n) is 3.90. The van der Waals surface area contributed by atoms with Gasteiger partial charge in [0.1, 0.15) is 0 Å². The molecule has 148 valence electrons. The first kappa shape index (κ1) is 18.8. The lowest BCUT2D eigenvalue weighted by Crippen LogP contribution is -2.16. The van der Waals surface area contributed by atoms with Crippen LogP contribution in [0.25, 0.3) is 5.57 Å². The lowest BCUT2D eigenvalue weighted by atomic mass is 9.81. The van der Waals surface area contributed by atoms with Gasteiger partial charge in [-0.25, -0.2) is 9.59 Å². The fraction of sp³-hybridized carbons (Fsp3) is 0.217. The molecule has 0 radical (unpaired) electrons. The highest BCUT2D eigenvalue weighted by Gasteiger charge is 2.36. The van der Waals surface area contributed by atoms with Gasteiger partial charge in [0.25, 0.3) is 0 Å². The minimum atomic E-state index is -0.602. The highest BCUT2D eigenvalue weighted by atomic mass is 16.7. The van der Waals surface area contributed by atoms with E-state index in [1.54, 1.807) is 6.07 Å². The highest BCUT2D eigenvalue weighted by Crippen LogP contribution is 2.47. The third-order valence-electron chi connectivity index (χ3n) is 5.25. The Hall–Kier alpha value is -3.54. The van der Waals surface area contributed by atoms with E-state index in [9.17, 15) is 9.59 Å². The molecule has 0 saturated heterocycles. The van der Waals surface area contributed by atoms with Crippen LogP contribution in [-0.4, -0.2) is 33.0 Å².